The highest BCUT2D eigenvalue weighted by atomic mass is 19.4. The van der Waals surface area contributed by atoms with E-state index in [4.69, 9.17) is 4.42 Å². The van der Waals surface area contributed by atoms with E-state index in [-0.39, 0.29) is 18.8 Å². The van der Waals surface area contributed by atoms with E-state index in [2.05, 4.69) is 0 Å². The van der Waals surface area contributed by atoms with Gasteiger partial charge in [-0.1, -0.05) is 30.3 Å². The number of likely N-dealkylation sites (tertiary alicyclic amines) is 1. The van der Waals surface area contributed by atoms with Gasteiger partial charge in [-0.3, -0.25) is 9.69 Å². The Hall–Kier alpha value is -2.28. The third-order valence-electron chi connectivity index (χ3n) is 4.40. The maximum Gasteiger partial charge on any atom is 0.449 e. The fraction of sp³-hybridized carbons (Fsp3) is 0.353. The summed E-state index contributed by atoms with van der Waals surface area (Å²) in [6.07, 6.45) is -4.11. The van der Waals surface area contributed by atoms with Crippen molar-refractivity contribution in [1.82, 2.24) is 4.90 Å². The predicted molar refractivity (Wildman–Crippen MR) is 79.4 cm³/mol. The molecule has 1 fully saturated rings. The van der Waals surface area contributed by atoms with E-state index in [1.54, 1.807) is 29.2 Å². The number of carbonyl (C=O) groups is 1. The quantitative estimate of drug-likeness (QED) is 0.926. The van der Waals surface area contributed by atoms with Gasteiger partial charge >= 0.3 is 12.1 Å². The number of aliphatic carboxylic acids is 1. The fourth-order valence-electron chi connectivity index (χ4n) is 3.15. The molecule has 1 aliphatic rings. The van der Waals surface area contributed by atoms with E-state index >= 15 is 0 Å². The van der Waals surface area contributed by atoms with Crippen LogP contribution < -0.4 is 0 Å². The standard InChI is InChI=1S/C17H16F3NO3/c18-17(19,20)14-7-6-13(24-14)10-21-9-8-16(11-21,15(22)23)12-4-2-1-3-5-12/h1-7H,8-11H2,(H,22,23). The minimum absolute atomic E-state index is 0.151. The average Bonchev–Trinajstić information content (AvgIpc) is 3.16. The molecule has 0 saturated carbocycles. The van der Waals surface area contributed by atoms with Crippen molar-refractivity contribution < 1.29 is 27.5 Å². The molecule has 24 heavy (non-hydrogen) atoms. The lowest BCUT2D eigenvalue weighted by atomic mass is 9.80. The van der Waals surface area contributed by atoms with E-state index < -0.39 is 23.3 Å². The Morgan fingerprint density at radius 2 is 1.92 bits per heavy atom. The van der Waals surface area contributed by atoms with Crippen LogP contribution in [-0.4, -0.2) is 29.1 Å². The van der Waals surface area contributed by atoms with Crippen LogP contribution in [0.4, 0.5) is 13.2 Å². The molecule has 3 rings (SSSR count). The number of carboxylic acids is 1. The third-order valence-corrected chi connectivity index (χ3v) is 4.40. The molecular weight excluding hydrogens is 323 g/mol. The highest BCUT2D eigenvalue weighted by molar-refractivity contribution is 5.82. The van der Waals surface area contributed by atoms with Crippen LogP contribution in [0.3, 0.4) is 0 Å². The van der Waals surface area contributed by atoms with E-state index in [9.17, 15) is 23.1 Å². The zero-order chi connectivity index (χ0) is 17.4. The Labute approximate surface area is 136 Å². The molecule has 1 aromatic heterocycles. The Bertz CT molecular complexity index is 726. The Kier molecular flexibility index (Phi) is 4.13. The van der Waals surface area contributed by atoms with Gasteiger partial charge in [-0.05, 0) is 24.1 Å². The number of carboxylic acid groups (broad SMARTS) is 1. The molecule has 0 bridgehead atoms. The Balaban J connectivity index is 1.76. The van der Waals surface area contributed by atoms with Crippen LogP contribution in [0, 0.1) is 0 Å². The molecule has 7 heteroatoms. The number of hydrogen-bond donors (Lipinski definition) is 1. The number of benzene rings is 1. The predicted octanol–water partition coefficient (Wildman–Crippen LogP) is 3.53. The third kappa shape index (κ3) is 3.03. The van der Waals surface area contributed by atoms with Gasteiger partial charge in [0.15, 0.2) is 0 Å². The first kappa shape index (κ1) is 16.6. The number of hydrogen-bond acceptors (Lipinski definition) is 3. The van der Waals surface area contributed by atoms with Gasteiger partial charge in [0.25, 0.3) is 0 Å². The van der Waals surface area contributed by atoms with Crippen molar-refractivity contribution in [3.05, 3.63) is 59.5 Å². The number of rotatable bonds is 4. The van der Waals surface area contributed by atoms with E-state index in [1.165, 1.54) is 6.07 Å². The van der Waals surface area contributed by atoms with E-state index in [0.29, 0.717) is 18.5 Å². The zero-order valence-corrected chi connectivity index (χ0v) is 12.7. The molecule has 4 nitrogen and oxygen atoms in total. The smallest absolute Gasteiger partial charge is 0.449 e. The molecule has 1 N–H and O–H groups in total. The van der Waals surface area contributed by atoms with Crippen LogP contribution in [-0.2, 0) is 22.9 Å². The second kappa shape index (κ2) is 5.98. The largest absolute Gasteiger partial charge is 0.481 e. The molecular formula is C17H16F3NO3. The lowest BCUT2D eigenvalue weighted by Gasteiger charge is -2.25. The number of furan rings is 1. The minimum Gasteiger partial charge on any atom is -0.481 e. The number of alkyl halides is 3. The van der Waals surface area contributed by atoms with E-state index in [1.807, 2.05) is 6.07 Å². The summed E-state index contributed by atoms with van der Waals surface area (Å²) in [4.78, 5) is 13.7. The molecule has 0 radical (unpaired) electrons. The van der Waals surface area contributed by atoms with Gasteiger partial charge in [0, 0.05) is 13.1 Å². The van der Waals surface area contributed by atoms with Gasteiger partial charge in [0.05, 0.1) is 6.54 Å². The van der Waals surface area contributed by atoms with Gasteiger partial charge in [0.2, 0.25) is 5.76 Å². The maximum atomic E-state index is 12.6. The molecule has 1 aromatic carbocycles. The normalized spacial score (nSPS) is 22.0. The summed E-state index contributed by atoms with van der Waals surface area (Å²) < 4.78 is 42.6. The average molecular weight is 339 g/mol. The highest BCUT2D eigenvalue weighted by Gasteiger charge is 2.46. The van der Waals surface area contributed by atoms with Crippen LogP contribution in [0.5, 0.6) is 0 Å². The minimum atomic E-state index is -4.52. The molecule has 1 aliphatic heterocycles. The summed E-state index contributed by atoms with van der Waals surface area (Å²) in [5.74, 6) is -1.78. The highest BCUT2D eigenvalue weighted by Crippen LogP contribution is 2.36. The lowest BCUT2D eigenvalue weighted by Crippen LogP contribution is -2.38. The molecule has 0 spiro atoms. The second-order valence-electron chi connectivity index (χ2n) is 5.98. The monoisotopic (exact) mass is 339 g/mol. The molecule has 2 aromatic rings. The van der Waals surface area contributed by atoms with Crippen molar-refractivity contribution in [2.24, 2.45) is 0 Å². The summed E-state index contributed by atoms with van der Waals surface area (Å²) in [5.41, 5.74) is -0.337. The first-order valence-electron chi connectivity index (χ1n) is 7.48. The SMILES string of the molecule is O=C(O)C1(c2ccccc2)CCN(Cc2ccc(C(F)(F)F)o2)C1. The van der Waals surface area contributed by atoms with Crippen molar-refractivity contribution >= 4 is 5.97 Å². The molecule has 1 unspecified atom stereocenters. The molecule has 1 atom stereocenters. The van der Waals surface area contributed by atoms with Gasteiger partial charge in [0.1, 0.15) is 11.2 Å². The van der Waals surface area contributed by atoms with E-state index in [0.717, 1.165) is 6.07 Å². The summed E-state index contributed by atoms with van der Waals surface area (Å²) in [5, 5.41) is 9.71. The lowest BCUT2D eigenvalue weighted by molar-refractivity contribution is -0.153. The first-order valence-corrected chi connectivity index (χ1v) is 7.48. The van der Waals surface area contributed by atoms with Gasteiger partial charge in [-0.15, -0.1) is 0 Å². The van der Waals surface area contributed by atoms with Gasteiger partial charge < -0.3 is 9.52 Å². The fourth-order valence-corrected chi connectivity index (χ4v) is 3.15. The number of nitrogens with zero attached hydrogens (tertiary/aromatic N) is 1. The summed E-state index contributed by atoms with van der Waals surface area (Å²) in [6.45, 7) is 0.857. The van der Waals surface area contributed by atoms with Crippen LogP contribution >= 0.6 is 0 Å². The van der Waals surface area contributed by atoms with Crippen LogP contribution in [0.15, 0.2) is 46.9 Å². The van der Waals surface area contributed by atoms with Gasteiger partial charge in [-0.2, -0.15) is 13.2 Å². The van der Waals surface area contributed by atoms with Crippen molar-refractivity contribution in [2.75, 3.05) is 13.1 Å². The maximum absolute atomic E-state index is 12.6. The molecule has 1 saturated heterocycles. The van der Waals surface area contributed by atoms with Crippen molar-refractivity contribution in [2.45, 2.75) is 24.6 Å². The molecule has 0 aliphatic carbocycles. The van der Waals surface area contributed by atoms with Crippen molar-refractivity contribution in [3.8, 4) is 0 Å². The van der Waals surface area contributed by atoms with Crippen LogP contribution in [0.2, 0.25) is 0 Å². The van der Waals surface area contributed by atoms with Crippen LogP contribution in [0.25, 0.3) is 0 Å². The summed E-state index contributed by atoms with van der Waals surface area (Å²) in [7, 11) is 0. The van der Waals surface area contributed by atoms with Crippen molar-refractivity contribution in [3.63, 3.8) is 0 Å². The molecule has 0 amide bonds. The Morgan fingerprint density at radius 1 is 1.21 bits per heavy atom. The second-order valence-corrected chi connectivity index (χ2v) is 5.98. The van der Waals surface area contributed by atoms with Gasteiger partial charge in [-0.25, -0.2) is 0 Å². The number of halogens is 3. The molecule has 128 valence electrons. The first-order chi connectivity index (χ1) is 11.3. The van der Waals surface area contributed by atoms with Crippen LogP contribution in [0.1, 0.15) is 23.5 Å². The summed E-state index contributed by atoms with van der Waals surface area (Å²) in [6, 6.07) is 11.1. The Morgan fingerprint density at radius 3 is 2.50 bits per heavy atom. The topological polar surface area (TPSA) is 53.7 Å². The summed E-state index contributed by atoms with van der Waals surface area (Å²) >= 11 is 0. The zero-order valence-electron chi connectivity index (χ0n) is 12.7. The van der Waals surface area contributed by atoms with Crippen molar-refractivity contribution in [1.29, 1.82) is 0 Å². The molecule has 2 heterocycles.